The van der Waals surface area contributed by atoms with Crippen molar-refractivity contribution in [3.63, 3.8) is 0 Å². The summed E-state index contributed by atoms with van der Waals surface area (Å²) < 4.78 is 31.4. The van der Waals surface area contributed by atoms with Gasteiger partial charge in [0.05, 0.1) is 11.0 Å². The average molecular weight is 303 g/mol. The molecule has 21 heavy (non-hydrogen) atoms. The Morgan fingerprint density at radius 1 is 0.952 bits per heavy atom. The van der Waals surface area contributed by atoms with Crippen molar-refractivity contribution < 1.29 is 13.2 Å². The minimum atomic E-state index is -3.38. The molecule has 0 bridgehead atoms. The first-order chi connectivity index (χ1) is 10.1. The molecule has 5 heteroatoms. The van der Waals surface area contributed by atoms with Crippen LogP contribution >= 0.6 is 0 Å². The molecular formula is C16H17NO3S. The summed E-state index contributed by atoms with van der Waals surface area (Å²) in [5.74, 6) is 0.885. The number of hydrogen-bond acceptors (Lipinski definition) is 3. The van der Waals surface area contributed by atoms with Gasteiger partial charge in [0, 0.05) is 0 Å². The van der Waals surface area contributed by atoms with Crippen LogP contribution in [-0.4, -0.2) is 21.6 Å². The molecule has 0 aliphatic heterocycles. The predicted molar refractivity (Wildman–Crippen MR) is 81.8 cm³/mol. The van der Waals surface area contributed by atoms with Gasteiger partial charge in [-0.15, -0.1) is 0 Å². The predicted octanol–water partition coefficient (Wildman–Crippen LogP) is 2.80. The maximum Gasteiger partial charge on any atom is 0.240 e. The third-order valence-corrected chi connectivity index (χ3v) is 4.88. The van der Waals surface area contributed by atoms with Gasteiger partial charge in [0.2, 0.25) is 10.0 Å². The SMILES string of the molecule is CNS(=O)(=O)c1ccc(-c2ccc(OC3CC3)cc2)cc1. The summed E-state index contributed by atoms with van der Waals surface area (Å²) in [6, 6.07) is 14.7. The van der Waals surface area contributed by atoms with Crippen molar-refractivity contribution in [2.45, 2.75) is 23.8 Å². The van der Waals surface area contributed by atoms with Gasteiger partial charge >= 0.3 is 0 Å². The lowest BCUT2D eigenvalue weighted by Gasteiger charge is -2.07. The zero-order chi connectivity index (χ0) is 14.9. The van der Waals surface area contributed by atoms with E-state index in [1.54, 1.807) is 24.3 Å². The molecule has 0 amide bonds. The Bertz CT molecular complexity index is 717. The summed E-state index contributed by atoms with van der Waals surface area (Å²) in [6.07, 6.45) is 2.67. The van der Waals surface area contributed by atoms with E-state index in [9.17, 15) is 8.42 Å². The number of sulfonamides is 1. The molecule has 0 aromatic heterocycles. The maximum atomic E-state index is 11.7. The second-order valence-electron chi connectivity index (χ2n) is 5.07. The number of rotatable bonds is 5. The minimum absolute atomic E-state index is 0.266. The molecule has 0 saturated heterocycles. The molecule has 4 nitrogen and oxygen atoms in total. The van der Waals surface area contributed by atoms with Crippen LogP contribution in [0.15, 0.2) is 53.4 Å². The Labute approximate surface area is 124 Å². The van der Waals surface area contributed by atoms with Crippen molar-refractivity contribution in [3.05, 3.63) is 48.5 Å². The van der Waals surface area contributed by atoms with Crippen molar-refractivity contribution >= 4 is 10.0 Å². The highest BCUT2D eigenvalue weighted by atomic mass is 32.2. The second kappa shape index (κ2) is 5.50. The summed E-state index contributed by atoms with van der Waals surface area (Å²) in [7, 11) is -1.98. The van der Waals surface area contributed by atoms with Crippen LogP contribution in [0.1, 0.15) is 12.8 Å². The molecule has 1 aliphatic rings. The molecule has 2 aromatic carbocycles. The van der Waals surface area contributed by atoms with E-state index in [0.717, 1.165) is 29.7 Å². The summed E-state index contributed by atoms with van der Waals surface area (Å²) in [4.78, 5) is 0.266. The lowest BCUT2D eigenvalue weighted by Crippen LogP contribution is -2.18. The Balaban J connectivity index is 1.80. The van der Waals surface area contributed by atoms with Crippen LogP contribution in [0.3, 0.4) is 0 Å². The third kappa shape index (κ3) is 3.25. The molecule has 3 rings (SSSR count). The summed E-state index contributed by atoms with van der Waals surface area (Å²) in [5, 5.41) is 0. The van der Waals surface area contributed by atoms with E-state index in [0.29, 0.717) is 6.10 Å². The van der Waals surface area contributed by atoms with Gasteiger partial charge in [-0.05, 0) is 55.3 Å². The van der Waals surface area contributed by atoms with E-state index in [-0.39, 0.29) is 4.90 Å². The van der Waals surface area contributed by atoms with Crippen LogP contribution < -0.4 is 9.46 Å². The van der Waals surface area contributed by atoms with E-state index in [4.69, 9.17) is 4.74 Å². The molecule has 0 spiro atoms. The van der Waals surface area contributed by atoms with Crippen molar-refractivity contribution in [2.75, 3.05) is 7.05 Å². The van der Waals surface area contributed by atoms with Crippen molar-refractivity contribution in [1.82, 2.24) is 4.72 Å². The molecule has 1 N–H and O–H groups in total. The van der Waals surface area contributed by atoms with Crippen LogP contribution in [-0.2, 0) is 10.0 Å². The second-order valence-corrected chi connectivity index (χ2v) is 6.96. The fraction of sp³-hybridized carbons (Fsp3) is 0.250. The molecule has 110 valence electrons. The number of ether oxygens (including phenoxy) is 1. The van der Waals surface area contributed by atoms with Crippen LogP contribution in [0.25, 0.3) is 11.1 Å². The fourth-order valence-corrected chi connectivity index (χ4v) is 2.78. The highest BCUT2D eigenvalue weighted by Gasteiger charge is 2.23. The van der Waals surface area contributed by atoms with E-state index < -0.39 is 10.0 Å². The highest BCUT2D eigenvalue weighted by Crippen LogP contribution is 2.29. The van der Waals surface area contributed by atoms with E-state index in [1.807, 2.05) is 24.3 Å². The molecule has 1 aliphatic carbocycles. The first-order valence-electron chi connectivity index (χ1n) is 6.89. The first-order valence-corrected chi connectivity index (χ1v) is 8.37. The zero-order valence-corrected chi connectivity index (χ0v) is 12.6. The van der Waals surface area contributed by atoms with Gasteiger partial charge in [0.25, 0.3) is 0 Å². The van der Waals surface area contributed by atoms with E-state index in [1.165, 1.54) is 7.05 Å². The Morgan fingerprint density at radius 3 is 1.95 bits per heavy atom. The number of benzene rings is 2. The monoisotopic (exact) mass is 303 g/mol. The van der Waals surface area contributed by atoms with Gasteiger partial charge in [0.1, 0.15) is 5.75 Å². The zero-order valence-electron chi connectivity index (χ0n) is 11.7. The van der Waals surface area contributed by atoms with Crippen molar-refractivity contribution in [2.24, 2.45) is 0 Å². The molecule has 2 aromatic rings. The normalized spacial score (nSPS) is 14.9. The van der Waals surface area contributed by atoms with Crippen LogP contribution in [0.5, 0.6) is 5.75 Å². The number of hydrogen-bond donors (Lipinski definition) is 1. The largest absolute Gasteiger partial charge is 0.490 e. The molecule has 0 heterocycles. The van der Waals surface area contributed by atoms with E-state index >= 15 is 0 Å². The van der Waals surface area contributed by atoms with Gasteiger partial charge in [0.15, 0.2) is 0 Å². The van der Waals surface area contributed by atoms with Crippen LogP contribution in [0.4, 0.5) is 0 Å². The van der Waals surface area contributed by atoms with Gasteiger partial charge in [-0.2, -0.15) is 0 Å². The lowest BCUT2D eigenvalue weighted by molar-refractivity contribution is 0.303. The van der Waals surface area contributed by atoms with Gasteiger partial charge in [-0.1, -0.05) is 24.3 Å². The molecule has 0 unspecified atom stereocenters. The smallest absolute Gasteiger partial charge is 0.240 e. The summed E-state index contributed by atoms with van der Waals surface area (Å²) in [6.45, 7) is 0. The maximum absolute atomic E-state index is 11.7. The fourth-order valence-electron chi connectivity index (χ4n) is 2.05. The Hall–Kier alpha value is -1.85. The standard InChI is InChI=1S/C16H17NO3S/c1-17-21(18,19)16-10-4-13(5-11-16)12-2-6-14(7-3-12)20-15-8-9-15/h2-7,10-11,15,17H,8-9H2,1H3. The van der Waals surface area contributed by atoms with Crippen LogP contribution in [0.2, 0.25) is 0 Å². The molecule has 1 fully saturated rings. The first kappa shape index (κ1) is 14.1. The summed E-state index contributed by atoms with van der Waals surface area (Å²) >= 11 is 0. The minimum Gasteiger partial charge on any atom is -0.490 e. The topological polar surface area (TPSA) is 55.4 Å². The van der Waals surface area contributed by atoms with Gasteiger partial charge in [-0.25, -0.2) is 13.1 Å². The number of nitrogens with one attached hydrogen (secondary N) is 1. The van der Waals surface area contributed by atoms with Crippen molar-refractivity contribution in [1.29, 1.82) is 0 Å². The summed E-state index contributed by atoms with van der Waals surface area (Å²) in [5.41, 5.74) is 2.01. The lowest BCUT2D eigenvalue weighted by atomic mass is 10.1. The third-order valence-electron chi connectivity index (χ3n) is 3.45. The Morgan fingerprint density at radius 2 is 1.48 bits per heavy atom. The molecule has 1 saturated carbocycles. The molecular weight excluding hydrogens is 286 g/mol. The van der Waals surface area contributed by atoms with Gasteiger partial charge in [-0.3, -0.25) is 0 Å². The van der Waals surface area contributed by atoms with Gasteiger partial charge < -0.3 is 4.74 Å². The van der Waals surface area contributed by atoms with Crippen LogP contribution in [0, 0.1) is 0 Å². The van der Waals surface area contributed by atoms with Crippen molar-refractivity contribution in [3.8, 4) is 16.9 Å². The van der Waals surface area contributed by atoms with E-state index in [2.05, 4.69) is 4.72 Å². The molecule has 0 atom stereocenters. The molecule has 0 radical (unpaired) electrons. The highest BCUT2D eigenvalue weighted by molar-refractivity contribution is 7.89. The average Bonchev–Trinajstić information content (AvgIpc) is 3.32. The quantitative estimate of drug-likeness (QED) is 0.924. The Kier molecular flexibility index (Phi) is 3.69.